The van der Waals surface area contributed by atoms with E-state index in [-0.39, 0.29) is 17.9 Å². The molecule has 2 rings (SSSR count). The Hall–Kier alpha value is -2.47. The number of carbonyl (C=O) groups is 3. The summed E-state index contributed by atoms with van der Waals surface area (Å²) in [5.74, 6) is -1.62. The fraction of sp³-hybridized carbons (Fsp3) is 0.421. The number of nitrogens with zero attached hydrogens (tertiary/aromatic N) is 1. The summed E-state index contributed by atoms with van der Waals surface area (Å²) in [5.41, 5.74) is 0.763. The Morgan fingerprint density at radius 3 is 2.20 bits per heavy atom. The van der Waals surface area contributed by atoms with E-state index in [9.17, 15) is 19.5 Å². The summed E-state index contributed by atoms with van der Waals surface area (Å²) in [4.78, 5) is 38.1. The second-order valence-corrected chi connectivity index (χ2v) is 6.27. The largest absolute Gasteiger partial charge is 0.466 e. The Morgan fingerprint density at radius 2 is 1.76 bits per heavy atom. The number of hydrogen-bond donors (Lipinski definition) is 1. The summed E-state index contributed by atoms with van der Waals surface area (Å²) in [5, 5.41) is 10.7. The van der Waals surface area contributed by atoms with E-state index >= 15 is 0 Å². The lowest BCUT2D eigenvalue weighted by molar-refractivity contribution is -0.136. The monoisotopic (exact) mass is 345 g/mol. The van der Waals surface area contributed by atoms with Crippen LogP contribution in [0.25, 0.3) is 0 Å². The van der Waals surface area contributed by atoms with Crippen LogP contribution in [0.2, 0.25) is 0 Å². The van der Waals surface area contributed by atoms with Gasteiger partial charge in [0.15, 0.2) is 0 Å². The summed E-state index contributed by atoms with van der Waals surface area (Å²) in [6.45, 7) is 7.39. The summed E-state index contributed by atoms with van der Waals surface area (Å²) < 4.78 is 4.60. The number of fused-ring (bicyclic) bond motifs is 1. The molecule has 25 heavy (non-hydrogen) atoms. The van der Waals surface area contributed by atoms with Crippen LogP contribution in [0.4, 0.5) is 0 Å². The van der Waals surface area contributed by atoms with Gasteiger partial charge in [-0.15, -0.1) is 0 Å². The van der Waals surface area contributed by atoms with Crippen LogP contribution in [0.5, 0.6) is 0 Å². The molecule has 1 aromatic carbocycles. The molecular formula is C19H23NO5. The molecule has 0 spiro atoms. The number of methoxy groups -OCH3 is 1. The SMILES string of the molecule is C=C(C[C@@H](O)[C@H]([C@@H](C)CC)N1C(=O)c2ccccc2C1=O)C(=O)OC. The van der Waals surface area contributed by atoms with Crippen molar-refractivity contribution in [3.63, 3.8) is 0 Å². The van der Waals surface area contributed by atoms with E-state index < -0.39 is 29.9 Å². The third kappa shape index (κ3) is 3.49. The normalized spacial score (nSPS) is 17.0. The fourth-order valence-electron chi connectivity index (χ4n) is 3.13. The number of amides is 2. The molecule has 1 aliphatic rings. The van der Waals surface area contributed by atoms with E-state index in [0.717, 1.165) is 4.90 Å². The molecule has 6 nitrogen and oxygen atoms in total. The average molecular weight is 345 g/mol. The van der Waals surface area contributed by atoms with Crippen LogP contribution < -0.4 is 0 Å². The molecule has 0 unspecified atom stereocenters. The molecule has 2 amide bonds. The summed E-state index contributed by atoms with van der Waals surface area (Å²) in [7, 11) is 1.23. The van der Waals surface area contributed by atoms with Gasteiger partial charge < -0.3 is 9.84 Å². The zero-order valence-corrected chi connectivity index (χ0v) is 14.7. The van der Waals surface area contributed by atoms with E-state index in [4.69, 9.17) is 0 Å². The minimum absolute atomic E-state index is 0.0743. The van der Waals surface area contributed by atoms with Crippen molar-refractivity contribution in [2.75, 3.05) is 7.11 Å². The first-order valence-corrected chi connectivity index (χ1v) is 8.24. The molecule has 1 aliphatic heterocycles. The zero-order chi connectivity index (χ0) is 18.7. The maximum Gasteiger partial charge on any atom is 0.333 e. The van der Waals surface area contributed by atoms with Crippen LogP contribution in [0.1, 0.15) is 47.4 Å². The van der Waals surface area contributed by atoms with E-state index in [2.05, 4.69) is 11.3 Å². The Balaban J connectivity index is 2.33. The first-order valence-electron chi connectivity index (χ1n) is 8.24. The molecule has 0 fully saturated rings. The van der Waals surface area contributed by atoms with E-state index in [1.54, 1.807) is 24.3 Å². The van der Waals surface area contributed by atoms with Crippen molar-refractivity contribution in [1.29, 1.82) is 0 Å². The van der Waals surface area contributed by atoms with Gasteiger partial charge in [0.25, 0.3) is 11.8 Å². The van der Waals surface area contributed by atoms with Gasteiger partial charge >= 0.3 is 5.97 Å². The molecule has 0 aliphatic carbocycles. The van der Waals surface area contributed by atoms with Gasteiger partial charge in [0.1, 0.15) is 0 Å². The highest BCUT2D eigenvalue weighted by molar-refractivity contribution is 6.21. The number of carbonyl (C=O) groups excluding carboxylic acids is 3. The maximum atomic E-state index is 12.7. The molecule has 134 valence electrons. The predicted molar refractivity (Wildman–Crippen MR) is 92.0 cm³/mol. The summed E-state index contributed by atoms with van der Waals surface area (Å²) >= 11 is 0. The minimum Gasteiger partial charge on any atom is -0.466 e. The second kappa shape index (κ2) is 7.61. The number of rotatable bonds is 7. The van der Waals surface area contributed by atoms with Crippen LogP contribution in [-0.2, 0) is 9.53 Å². The predicted octanol–water partition coefficient (Wildman–Crippen LogP) is 2.18. The molecule has 6 heteroatoms. The highest BCUT2D eigenvalue weighted by atomic mass is 16.5. The van der Waals surface area contributed by atoms with Crippen molar-refractivity contribution in [1.82, 2.24) is 4.90 Å². The fourth-order valence-corrected chi connectivity index (χ4v) is 3.13. The maximum absolute atomic E-state index is 12.7. The van der Waals surface area contributed by atoms with E-state index in [1.165, 1.54) is 7.11 Å². The lowest BCUT2D eigenvalue weighted by atomic mass is 9.89. The topological polar surface area (TPSA) is 83.9 Å². The standard InChI is InChI=1S/C19H23NO5/c1-5-11(2)16(15(21)10-12(3)19(24)25-4)20-17(22)13-8-6-7-9-14(13)18(20)23/h6-9,11,15-16,21H,3,5,10H2,1-2,4H3/t11-,15+,16-/m0/s1. The smallest absolute Gasteiger partial charge is 0.333 e. The molecule has 0 aromatic heterocycles. The van der Waals surface area contributed by atoms with Crippen molar-refractivity contribution in [3.05, 3.63) is 47.5 Å². The Morgan fingerprint density at radius 1 is 1.24 bits per heavy atom. The van der Waals surface area contributed by atoms with Gasteiger partial charge in [0.05, 0.1) is 30.4 Å². The van der Waals surface area contributed by atoms with Crippen molar-refractivity contribution in [3.8, 4) is 0 Å². The van der Waals surface area contributed by atoms with Gasteiger partial charge in [-0.25, -0.2) is 4.79 Å². The summed E-state index contributed by atoms with van der Waals surface area (Å²) in [6.07, 6.45) is -0.529. The van der Waals surface area contributed by atoms with Crippen LogP contribution in [0.3, 0.4) is 0 Å². The van der Waals surface area contributed by atoms with Crippen molar-refractivity contribution in [2.24, 2.45) is 5.92 Å². The average Bonchev–Trinajstić information content (AvgIpc) is 2.86. The van der Waals surface area contributed by atoms with Crippen molar-refractivity contribution < 1.29 is 24.2 Å². The van der Waals surface area contributed by atoms with E-state index in [1.807, 2.05) is 13.8 Å². The number of esters is 1. The molecule has 1 aromatic rings. The molecule has 0 radical (unpaired) electrons. The minimum atomic E-state index is -1.11. The number of benzene rings is 1. The van der Waals surface area contributed by atoms with Gasteiger partial charge in [-0.3, -0.25) is 14.5 Å². The number of aliphatic hydroxyl groups excluding tert-OH is 1. The van der Waals surface area contributed by atoms with Crippen LogP contribution in [-0.4, -0.2) is 47.0 Å². The number of imide groups is 1. The van der Waals surface area contributed by atoms with Gasteiger partial charge in [-0.2, -0.15) is 0 Å². The first-order chi connectivity index (χ1) is 11.8. The molecule has 1 N–H and O–H groups in total. The second-order valence-electron chi connectivity index (χ2n) is 6.27. The zero-order valence-electron chi connectivity index (χ0n) is 14.7. The molecular weight excluding hydrogens is 322 g/mol. The third-order valence-corrected chi connectivity index (χ3v) is 4.67. The lowest BCUT2D eigenvalue weighted by Gasteiger charge is -2.34. The van der Waals surface area contributed by atoms with Crippen molar-refractivity contribution >= 4 is 17.8 Å². The molecule has 0 saturated carbocycles. The Kier molecular flexibility index (Phi) is 5.74. The molecule has 3 atom stereocenters. The van der Waals surface area contributed by atoms with Gasteiger partial charge in [-0.05, 0) is 18.1 Å². The molecule has 1 heterocycles. The van der Waals surface area contributed by atoms with Gasteiger partial charge in [0, 0.05) is 12.0 Å². The highest BCUT2D eigenvalue weighted by Gasteiger charge is 2.44. The third-order valence-electron chi connectivity index (χ3n) is 4.67. The Labute approximate surface area is 147 Å². The lowest BCUT2D eigenvalue weighted by Crippen LogP contribution is -2.50. The quantitative estimate of drug-likeness (QED) is 0.465. The summed E-state index contributed by atoms with van der Waals surface area (Å²) in [6, 6.07) is 5.84. The Bertz CT molecular complexity index is 677. The van der Waals surface area contributed by atoms with Crippen molar-refractivity contribution in [2.45, 2.75) is 38.8 Å². The molecule has 0 bridgehead atoms. The van der Waals surface area contributed by atoms with Crippen LogP contribution in [0, 0.1) is 5.92 Å². The first kappa shape index (κ1) is 18.9. The number of ether oxygens (including phenoxy) is 1. The highest BCUT2D eigenvalue weighted by Crippen LogP contribution is 2.31. The van der Waals surface area contributed by atoms with Crippen LogP contribution in [0.15, 0.2) is 36.4 Å². The van der Waals surface area contributed by atoms with Gasteiger partial charge in [0.2, 0.25) is 0 Å². The van der Waals surface area contributed by atoms with E-state index in [0.29, 0.717) is 17.5 Å². The number of hydrogen-bond acceptors (Lipinski definition) is 5. The van der Waals surface area contributed by atoms with Gasteiger partial charge in [-0.1, -0.05) is 39.0 Å². The van der Waals surface area contributed by atoms with Crippen LogP contribution >= 0.6 is 0 Å². The molecule has 0 saturated heterocycles. The number of aliphatic hydroxyl groups is 1.